The molecule has 2 aliphatic heterocycles. The lowest BCUT2D eigenvalue weighted by atomic mass is 10.3. The molecule has 1 saturated heterocycles. The van der Waals surface area contributed by atoms with Crippen molar-refractivity contribution in [1.82, 2.24) is 15.0 Å². The van der Waals surface area contributed by atoms with Gasteiger partial charge in [0.15, 0.2) is 11.5 Å². The van der Waals surface area contributed by atoms with Crippen molar-refractivity contribution in [3.05, 3.63) is 47.5 Å². The minimum Gasteiger partial charge on any atom is -0.454 e. The molecule has 2 aliphatic rings. The lowest BCUT2D eigenvalue weighted by molar-refractivity contribution is 0.122. The Morgan fingerprint density at radius 2 is 1.47 bits per heavy atom. The summed E-state index contributed by atoms with van der Waals surface area (Å²) in [7, 11) is 0. The fraction of sp³-hybridized carbons (Fsp3) is 0.250. The standard InChI is InChI=1S/C20H19ClN6O3/c21-13-1-3-14(4-2-13)22-18-24-19(26-20(25-18)27-7-9-28-10-8-27)23-15-5-6-16-17(11-15)30-12-29-16/h1-6,11H,7-10,12H2,(H2,22,23,24,25,26). The van der Waals surface area contributed by atoms with Crippen molar-refractivity contribution in [3.63, 3.8) is 0 Å². The summed E-state index contributed by atoms with van der Waals surface area (Å²) in [6, 6.07) is 12.9. The predicted molar refractivity (Wildman–Crippen MR) is 113 cm³/mol. The first kappa shape index (κ1) is 18.7. The molecule has 2 N–H and O–H groups in total. The van der Waals surface area contributed by atoms with E-state index in [4.69, 9.17) is 25.8 Å². The highest BCUT2D eigenvalue weighted by Gasteiger charge is 2.18. The Morgan fingerprint density at radius 3 is 2.23 bits per heavy atom. The number of rotatable bonds is 5. The predicted octanol–water partition coefficient (Wildman–Crippen LogP) is 3.58. The SMILES string of the molecule is Clc1ccc(Nc2nc(Nc3ccc4c(c3)OCO4)nc(N3CCOCC3)n2)cc1. The summed E-state index contributed by atoms with van der Waals surface area (Å²) in [6.07, 6.45) is 0. The molecule has 2 aromatic carbocycles. The molecule has 3 aromatic rings. The van der Waals surface area contributed by atoms with Crippen LogP contribution in [0.15, 0.2) is 42.5 Å². The second-order valence-corrected chi connectivity index (χ2v) is 7.14. The maximum atomic E-state index is 5.98. The fourth-order valence-electron chi connectivity index (χ4n) is 3.15. The van der Waals surface area contributed by atoms with Gasteiger partial charge in [-0.25, -0.2) is 0 Å². The summed E-state index contributed by atoms with van der Waals surface area (Å²) >= 11 is 5.98. The molecule has 0 saturated carbocycles. The van der Waals surface area contributed by atoms with Crippen LogP contribution in [0.2, 0.25) is 5.02 Å². The van der Waals surface area contributed by atoms with Crippen LogP contribution in [0.4, 0.5) is 29.2 Å². The maximum Gasteiger partial charge on any atom is 0.233 e. The summed E-state index contributed by atoms with van der Waals surface area (Å²) in [6.45, 7) is 2.93. The Balaban J connectivity index is 1.44. The third-order valence-corrected chi connectivity index (χ3v) is 4.90. The van der Waals surface area contributed by atoms with Crippen LogP contribution >= 0.6 is 11.6 Å². The monoisotopic (exact) mass is 426 g/mol. The third kappa shape index (κ3) is 4.17. The number of halogens is 1. The van der Waals surface area contributed by atoms with Gasteiger partial charge in [0.1, 0.15) is 0 Å². The Hall–Kier alpha value is -3.30. The first-order valence-electron chi connectivity index (χ1n) is 9.51. The van der Waals surface area contributed by atoms with Crippen LogP contribution < -0.4 is 25.0 Å². The number of ether oxygens (including phenoxy) is 3. The third-order valence-electron chi connectivity index (χ3n) is 4.65. The van der Waals surface area contributed by atoms with E-state index in [-0.39, 0.29) is 6.79 Å². The van der Waals surface area contributed by atoms with Crippen LogP contribution in [0.25, 0.3) is 0 Å². The maximum absolute atomic E-state index is 5.98. The molecule has 1 aromatic heterocycles. The van der Waals surface area contributed by atoms with Gasteiger partial charge < -0.3 is 29.7 Å². The first-order chi connectivity index (χ1) is 14.7. The lowest BCUT2D eigenvalue weighted by Gasteiger charge is -2.27. The number of fused-ring (bicyclic) bond motifs is 1. The average molecular weight is 427 g/mol. The van der Waals surface area contributed by atoms with Gasteiger partial charge in [0, 0.05) is 35.6 Å². The zero-order chi connectivity index (χ0) is 20.3. The largest absolute Gasteiger partial charge is 0.454 e. The molecule has 3 heterocycles. The molecule has 1 fully saturated rings. The van der Waals surface area contributed by atoms with Gasteiger partial charge in [0.2, 0.25) is 24.6 Å². The van der Waals surface area contributed by atoms with E-state index in [1.807, 2.05) is 30.3 Å². The first-order valence-corrected chi connectivity index (χ1v) is 9.89. The Kier molecular flexibility index (Phi) is 5.12. The molecule has 9 nitrogen and oxygen atoms in total. The summed E-state index contributed by atoms with van der Waals surface area (Å²) in [4.78, 5) is 15.8. The van der Waals surface area contributed by atoms with Crippen molar-refractivity contribution < 1.29 is 14.2 Å². The van der Waals surface area contributed by atoms with E-state index in [2.05, 4.69) is 30.5 Å². The van der Waals surface area contributed by atoms with Crippen molar-refractivity contribution in [2.24, 2.45) is 0 Å². The number of nitrogens with one attached hydrogen (secondary N) is 2. The summed E-state index contributed by atoms with van der Waals surface area (Å²) in [5, 5.41) is 7.11. The second kappa shape index (κ2) is 8.21. The molecule has 0 bridgehead atoms. The van der Waals surface area contributed by atoms with E-state index in [0.717, 1.165) is 17.1 Å². The highest BCUT2D eigenvalue weighted by Crippen LogP contribution is 2.35. The highest BCUT2D eigenvalue weighted by molar-refractivity contribution is 6.30. The number of aromatic nitrogens is 3. The lowest BCUT2D eigenvalue weighted by Crippen LogP contribution is -2.37. The Bertz CT molecular complexity index is 1040. The smallest absolute Gasteiger partial charge is 0.233 e. The van der Waals surface area contributed by atoms with Gasteiger partial charge in [0.25, 0.3) is 0 Å². The summed E-state index contributed by atoms with van der Waals surface area (Å²) < 4.78 is 16.3. The minimum absolute atomic E-state index is 0.223. The molecule has 10 heteroatoms. The van der Waals surface area contributed by atoms with Gasteiger partial charge in [-0.05, 0) is 36.4 Å². The van der Waals surface area contributed by atoms with Crippen molar-refractivity contribution in [2.45, 2.75) is 0 Å². The number of morpholine rings is 1. The molecule has 5 rings (SSSR count). The zero-order valence-corrected chi connectivity index (χ0v) is 16.7. The quantitative estimate of drug-likeness (QED) is 0.634. The number of hydrogen-bond donors (Lipinski definition) is 2. The summed E-state index contributed by atoms with van der Waals surface area (Å²) in [5.74, 6) is 2.82. The van der Waals surface area contributed by atoms with E-state index in [0.29, 0.717) is 54.9 Å². The number of hydrogen-bond acceptors (Lipinski definition) is 9. The molecule has 0 radical (unpaired) electrons. The second-order valence-electron chi connectivity index (χ2n) is 6.71. The van der Waals surface area contributed by atoms with Gasteiger partial charge in [-0.3, -0.25) is 0 Å². The number of anilines is 5. The molecule has 30 heavy (non-hydrogen) atoms. The summed E-state index contributed by atoms with van der Waals surface area (Å²) in [5.41, 5.74) is 1.61. The molecule has 0 unspecified atom stereocenters. The Morgan fingerprint density at radius 1 is 0.800 bits per heavy atom. The van der Waals surface area contributed by atoms with Crippen molar-refractivity contribution in [3.8, 4) is 11.5 Å². The van der Waals surface area contributed by atoms with E-state index in [9.17, 15) is 0 Å². The minimum atomic E-state index is 0.223. The molecule has 0 spiro atoms. The Labute approximate surface area is 178 Å². The van der Waals surface area contributed by atoms with Crippen LogP contribution in [-0.4, -0.2) is 48.0 Å². The van der Waals surface area contributed by atoms with E-state index >= 15 is 0 Å². The van der Waals surface area contributed by atoms with E-state index in [1.54, 1.807) is 12.1 Å². The van der Waals surface area contributed by atoms with Gasteiger partial charge in [-0.2, -0.15) is 15.0 Å². The van der Waals surface area contributed by atoms with Crippen LogP contribution in [0.3, 0.4) is 0 Å². The van der Waals surface area contributed by atoms with Crippen LogP contribution in [-0.2, 0) is 4.74 Å². The van der Waals surface area contributed by atoms with Crippen LogP contribution in [0.1, 0.15) is 0 Å². The van der Waals surface area contributed by atoms with Crippen molar-refractivity contribution in [1.29, 1.82) is 0 Å². The van der Waals surface area contributed by atoms with E-state index < -0.39 is 0 Å². The van der Waals surface area contributed by atoms with Crippen molar-refractivity contribution in [2.75, 3.05) is 48.6 Å². The molecule has 0 atom stereocenters. The molecule has 154 valence electrons. The van der Waals surface area contributed by atoms with Crippen LogP contribution in [0.5, 0.6) is 11.5 Å². The molecule has 0 amide bonds. The average Bonchev–Trinajstić information content (AvgIpc) is 3.24. The molecular formula is C20H19ClN6O3. The molecule has 0 aliphatic carbocycles. The zero-order valence-electron chi connectivity index (χ0n) is 16.0. The number of benzene rings is 2. The molecular weight excluding hydrogens is 408 g/mol. The van der Waals surface area contributed by atoms with Crippen molar-refractivity contribution >= 4 is 40.8 Å². The topological polar surface area (TPSA) is 93.7 Å². The fourth-order valence-corrected chi connectivity index (χ4v) is 3.27. The van der Waals surface area contributed by atoms with Crippen LogP contribution in [0, 0.1) is 0 Å². The van der Waals surface area contributed by atoms with E-state index in [1.165, 1.54) is 0 Å². The van der Waals surface area contributed by atoms with Gasteiger partial charge in [-0.15, -0.1) is 0 Å². The number of nitrogens with zero attached hydrogens (tertiary/aromatic N) is 4. The van der Waals surface area contributed by atoms with Gasteiger partial charge in [0.05, 0.1) is 13.2 Å². The van der Waals surface area contributed by atoms with Gasteiger partial charge >= 0.3 is 0 Å². The normalized spacial score (nSPS) is 15.2. The van der Waals surface area contributed by atoms with Gasteiger partial charge in [-0.1, -0.05) is 11.6 Å². The highest BCUT2D eigenvalue weighted by atomic mass is 35.5.